The van der Waals surface area contributed by atoms with Gasteiger partial charge in [0.15, 0.2) is 0 Å². The van der Waals surface area contributed by atoms with Crippen LogP contribution in [0.5, 0.6) is 5.75 Å². The van der Waals surface area contributed by atoms with E-state index < -0.39 is 11.9 Å². The highest BCUT2D eigenvalue weighted by Crippen LogP contribution is 2.26. The molecule has 1 aliphatic heterocycles. The van der Waals surface area contributed by atoms with Crippen LogP contribution in [-0.2, 0) is 23.2 Å². The Morgan fingerprint density at radius 3 is 2.09 bits per heavy atom. The van der Waals surface area contributed by atoms with Gasteiger partial charge in [-0.3, -0.25) is 14.5 Å². The minimum absolute atomic E-state index is 0.0477. The molecule has 0 aliphatic carbocycles. The van der Waals surface area contributed by atoms with Crippen molar-refractivity contribution in [3.63, 3.8) is 0 Å². The number of amides is 2. The summed E-state index contributed by atoms with van der Waals surface area (Å²) in [6.45, 7) is 6.80. The third-order valence-corrected chi connectivity index (χ3v) is 6.18. The Morgan fingerprint density at radius 1 is 0.829 bits per heavy atom. The number of rotatable bonds is 7. The molecule has 3 aromatic rings. The van der Waals surface area contributed by atoms with Crippen LogP contribution in [0.3, 0.4) is 0 Å². The number of imide groups is 1. The van der Waals surface area contributed by atoms with Gasteiger partial charge in [-0.2, -0.15) is 0 Å². The van der Waals surface area contributed by atoms with Gasteiger partial charge in [0, 0.05) is 6.54 Å². The summed E-state index contributed by atoms with van der Waals surface area (Å²) >= 11 is 0. The summed E-state index contributed by atoms with van der Waals surface area (Å²) in [7, 11) is 1.60. The van der Waals surface area contributed by atoms with E-state index in [0.717, 1.165) is 16.9 Å². The Balaban J connectivity index is 1.39. The molecule has 0 N–H and O–H groups in total. The SMILES string of the molecule is COc1ccc(CCN2C(=O)c3ccc(C(=O)OCc4ccc(C(C)(C)C)cc4)cc3C2=O)cc1. The van der Waals surface area contributed by atoms with Gasteiger partial charge in [-0.25, -0.2) is 4.79 Å². The first kappa shape index (κ1) is 24.2. The summed E-state index contributed by atoms with van der Waals surface area (Å²) in [5, 5.41) is 0. The van der Waals surface area contributed by atoms with E-state index in [1.165, 1.54) is 28.7 Å². The summed E-state index contributed by atoms with van der Waals surface area (Å²) in [5.41, 5.74) is 3.89. The summed E-state index contributed by atoms with van der Waals surface area (Å²) in [5.74, 6) is -0.538. The molecule has 1 heterocycles. The van der Waals surface area contributed by atoms with Crippen molar-refractivity contribution in [2.45, 2.75) is 39.2 Å². The van der Waals surface area contributed by atoms with Crippen LogP contribution in [0, 0.1) is 0 Å². The molecular weight excluding hydrogens is 442 g/mol. The fraction of sp³-hybridized carbons (Fsp3) is 0.276. The molecule has 3 aromatic carbocycles. The van der Waals surface area contributed by atoms with E-state index in [1.54, 1.807) is 7.11 Å². The second-order valence-electron chi connectivity index (χ2n) is 9.64. The zero-order valence-corrected chi connectivity index (χ0v) is 20.5. The monoisotopic (exact) mass is 471 g/mol. The molecule has 35 heavy (non-hydrogen) atoms. The van der Waals surface area contributed by atoms with Crippen molar-refractivity contribution in [3.8, 4) is 5.75 Å². The third-order valence-electron chi connectivity index (χ3n) is 6.18. The number of hydrogen-bond donors (Lipinski definition) is 0. The van der Waals surface area contributed by atoms with E-state index in [1.807, 2.05) is 48.5 Å². The van der Waals surface area contributed by atoms with Crippen LogP contribution in [0.2, 0.25) is 0 Å². The van der Waals surface area contributed by atoms with Crippen molar-refractivity contribution in [2.24, 2.45) is 0 Å². The largest absolute Gasteiger partial charge is 0.497 e. The van der Waals surface area contributed by atoms with Crippen molar-refractivity contribution >= 4 is 17.8 Å². The number of ether oxygens (including phenoxy) is 2. The Labute approximate surface area is 205 Å². The second kappa shape index (κ2) is 9.74. The highest BCUT2D eigenvalue weighted by molar-refractivity contribution is 6.22. The average molecular weight is 472 g/mol. The lowest BCUT2D eigenvalue weighted by Gasteiger charge is -2.19. The quantitative estimate of drug-likeness (QED) is 0.350. The van der Waals surface area contributed by atoms with Gasteiger partial charge < -0.3 is 9.47 Å². The van der Waals surface area contributed by atoms with Crippen LogP contribution in [0.4, 0.5) is 0 Å². The first-order valence-corrected chi connectivity index (χ1v) is 11.6. The number of carbonyl (C=O) groups excluding carboxylic acids is 3. The number of esters is 1. The van der Waals surface area contributed by atoms with Crippen LogP contribution < -0.4 is 4.74 Å². The van der Waals surface area contributed by atoms with Gasteiger partial charge in [-0.1, -0.05) is 57.2 Å². The molecule has 0 unspecified atom stereocenters. The van der Waals surface area contributed by atoms with Crippen molar-refractivity contribution in [2.75, 3.05) is 13.7 Å². The van der Waals surface area contributed by atoms with E-state index in [4.69, 9.17) is 9.47 Å². The molecule has 2 amide bonds. The summed E-state index contributed by atoms with van der Waals surface area (Å²) in [6.07, 6.45) is 0.526. The number of carbonyl (C=O) groups is 3. The van der Waals surface area contributed by atoms with Crippen LogP contribution in [0.25, 0.3) is 0 Å². The minimum Gasteiger partial charge on any atom is -0.497 e. The van der Waals surface area contributed by atoms with Crippen LogP contribution in [0.1, 0.15) is 68.5 Å². The Hall–Kier alpha value is -3.93. The van der Waals surface area contributed by atoms with E-state index >= 15 is 0 Å². The molecule has 0 saturated carbocycles. The van der Waals surface area contributed by atoms with Crippen LogP contribution in [-0.4, -0.2) is 36.3 Å². The Morgan fingerprint density at radius 2 is 1.46 bits per heavy atom. The summed E-state index contributed by atoms with van der Waals surface area (Å²) in [4.78, 5) is 39.6. The normalized spacial score (nSPS) is 13.1. The maximum absolute atomic E-state index is 12.9. The van der Waals surface area contributed by atoms with Gasteiger partial charge in [0.25, 0.3) is 11.8 Å². The molecule has 0 spiro atoms. The average Bonchev–Trinajstić information content (AvgIpc) is 3.10. The molecule has 6 heteroatoms. The maximum Gasteiger partial charge on any atom is 0.338 e. The highest BCUT2D eigenvalue weighted by atomic mass is 16.5. The Kier molecular flexibility index (Phi) is 6.74. The number of hydrogen-bond acceptors (Lipinski definition) is 5. The lowest BCUT2D eigenvalue weighted by molar-refractivity contribution is 0.0472. The van der Waals surface area contributed by atoms with E-state index in [0.29, 0.717) is 12.0 Å². The zero-order chi connectivity index (χ0) is 25.2. The topological polar surface area (TPSA) is 72.9 Å². The van der Waals surface area contributed by atoms with E-state index in [2.05, 4.69) is 20.8 Å². The molecule has 0 radical (unpaired) electrons. The van der Waals surface area contributed by atoms with Gasteiger partial charge >= 0.3 is 5.97 Å². The molecule has 0 aromatic heterocycles. The first-order chi connectivity index (χ1) is 16.7. The zero-order valence-electron chi connectivity index (χ0n) is 20.5. The number of nitrogens with zero attached hydrogens (tertiary/aromatic N) is 1. The van der Waals surface area contributed by atoms with Gasteiger partial charge in [-0.15, -0.1) is 0 Å². The van der Waals surface area contributed by atoms with Crippen molar-refractivity contribution in [3.05, 3.63) is 100 Å². The first-order valence-electron chi connectivity index (χ1n) is 11.6. The lowest BCUT2D eigenvalue weighted by atomic mass is 9.87. The van der Waals surface area contributed by atoms with E-state index in [-0.39, 0.29) is 35.6 Å². The van der Waals surface area contributed by atoms with Gasteiger partial charge in [0.1, 0.15) is 12.4 Å². The number of methoxy groups -OCH3 is 1. The third kappa shape index (κ3) is 5.27. The molecule has 4 rings (SSSR count). The Bertz CT molecular complexity index is 1250. The molecule has 0 bridgehead atoms. The number of benzene rings is 3. The minimum atomic E-state index is -0.537. The van der Waals surface area contributed by atoms with Gasteiger partial charge in [-0.05, 0) is 58.9 Å². The van der Waals surface area contributed by atoms with E-state index in [9.17, 15) is 14.4 Å². The summed E-state index contributed by atoms with van der Waals surface area (Å²) in [6, 6.07) is 20.0. The van der Waals surface area contributed by atoms with Gasteiger partial charge in [0.05, 0.1) is 23.8 Å². The fourth-order valence-electron chi connectivity index (χ4n) is 3.99. The summed E-state index contributed by atoms with van der Waals surface area (Å²) < 4.78 is 10.6. The standard InChI is InChI=1S/C29H29NO5/c1-29(2,3)22-10-5-20(6-11-22)18-35-28(33)21-9-14-24-25(17-21)27(32)30(26(24)31)16-15-19-7-12-23(34-4)13-8-19/h5-14,17H,15-16,18H2,1-4H3. The van der Waals surface area contributed by atoms with Crippen LogP contribution in [0.15, 0.2) is 66.7 Å². The van der Waals surface area contributed by atoms with Crippen molar-refractivity contribution in [1.82, 2.24) is 4.90 Å². The van der Waals surface area contributed by atoms with Gasteiger partial charge in [0.2, 0.25) is 0 Å². The predicted octanol–water partition coefficient (Wildman–Crippen LogP) is 5.19. The van der Waals surface area contributed by atoms with Crippen molar-refractivity contribution < 1.29 is 23.9 Å². The maximum atomic E-state index is 12.9. The molecule has 180 valence electrons. The highest BCUT2D eigenvalue weighted by Gasteiger charge is 2.35. The molecule has 0 atom stereocenters. The molecule has 0 saturated heterocycles. The molecule has 6 nitrogen and oxygen atoms in total. The molecule has 0 fully saturated rings. The molecule has 1 aliphatic rings. The lowest BCUT2D eigenvalue weighted by Crippen LogP contribution is -2.31. The van der Waals surface area contributed by atoms with Crippen molar-refractivity contribution in [1.29, 1.82) is 0 Å². The number of fused-ring (bicyclic) bond motifs is 1. The predicted molar refractivity (Wildman–Crippen MR) is 133 cm³/mol. The molecular formula is C29H29NO5. The second-order valence-corrected chi connectivity index (χ2v) is 9.64. The smallest absolute Gasteiger partial charge is 0.338 e. The fourth-order valence-corrected chi connectivity index (χ4v) is 3.99. The van der Waals surface area contributed by atoms with Crippen LogP contribution >= 0.6 is 0 Å².